The van der Waals surface area contributed by atoms with E-state index in [1.807, 2.05) is 36.5 Å². The predicted molar refractivity (Wildman–Crippen MR) is 93.4 cm³/mol. The Hall–Kier alpha value is -2.67. The summed E-state index contributed by atoms with van der Waals surface area (Å²) in [5.41, 5.74) is 3.69. The molecule has 22 heavy (non-hydrogen) atoms. The summed E-state index contributed by atoms with van der Waals surface area (Å²) in [4.78, 5) is 4.83. The Labute approximate surface area is 132 Å². The van der Waals surface area contributed by atoms with Gasteiger partial charge in [-0.15, -0.1) is 0 Å². The van der Waals surface area contributed by atoms with Crippen molar-refractivity contribution in [1.29, 1.82) is 0 Å². The molecule has 1 heteroatoms. The molecular formula is C21H19N. The van der Waals surface area contributed by atoms with Crippen LogP contribution < -0.4 is 0 Å². The Morgan fingerprint density at radius 2 is 1.23 bits per heavy atom. The third kappa shape index (κ3) is 3.92. The Morgan fingerprint density at radius 1 is 0.682 bits per heavy atom. The van der Waals surface area contributed by atoms with Gasteiger partial charge in [0.25, 0.3) is 0 Å². The largest absolute Gasteiger partial charge is 0.284 e. The Bertz CT molecular complexity index is 703. The van der Waals surface area contributed by atoms with Crippen LogP contribution in [0.15, 0.2) is 96.0 Å². The molecule has 0 aromatic heterocycles. The Balaban J connectivity index is 1.85. The molecule has 0 saturated carbocycles. The number of benzene rings is 3. The van der Waals surface area contributed by atoms with Gasteiger partial charge in [-0.2, -0.15) is 0 Å². The Kier molecular flexibility index (Phi) is 4.78. The molecule has 0 aliphatic carbocycles. The Morgan fingerprint density at radius 3 is 1.86 bits per heavy atom. The van der Waals surface area contributed by atoms with E-state index in [0.29, 0.717) is 0 Å². The standard InChI is InChI=1S/C21H19N/c1-4-10-18(11-5-1)16-21(20-14-8-3-9-15-20)22-17-19-12-6-2-7-13-19/h1-15,17,21H,16H2/t21-/m0/s1. The van der Waals surface area contributed by atoms with Gasteiger partial charge in [-0.25, -0.2) is 0 Å². The summed E-state index contributed by atoms with van der Waals surface area (Å²) in [5, 5.41) is 0. The van der Waals surface area contributed by atoms with E-state index in [1.54, 1.807) is 0 Å². The van der Waals surface area contributed by atoms with Gasteiger partial charge in [-0.1, -0.05) is 91.0 Å². The van der Waals surface area contributed by atoms with Crippen LogP contribution >= 0.6 is 0 Å². The first-order chi connectivity index (χ1) is 10.9. The van der Waals surface area contributed by atoms with Crippen molar-refractivity contribution in [2.24, 2.45) is 4.99 Å². The molecule has 0 spiro atoms. The van der Waals surface area contributed by atoms with E-state index < -0.39 is 0 Å². The summed E-state index contributed by atoms with van der Waals surface area (Å²) in [6.45, 7) is 0. The first-order valence-corrected chi connectivity index (χ1v) is 7.59. The topological polar surface area (TPSA) is 12.4 Å². The highest BCUT2D eigenvalue weighted by molar-refractivity contribution is 5.79. The molecule has 0 saturated heterocycles. The van der Waals surface area contributed by atoms with Crippen LogP contribution in [0, 0.1) is 0 Å². The molecule has 0 bridgehead atoms. The maximum Gasteiger partial charge on any atom is 0.0789 e. The zero-order valence-corrected chi connectivity index (χ0v) is 12.5. The molecule has 1 atom stereocenters. The molecule has 3 aromatic rings. The summed E-state index contributed by atoms with van der Waals surface area (Å²) in [7, 11) is 0. The minimum atomic E-state index is 0.142. The summed E-state index contributed by atoms with van der Waals surface area (Å²) in [6, 6.07) is 31.4. The van der Waals surface area contributed by atoms with Gasteiger partial charge in [0.1, 0.15) is 0 Å². The second-order valence-electron chi connectivity index (χ2n) is 5.31. The van der Waals surface area contributed by atoms with Crippen molar-refractivity contribution in [3.63, 3.8) is 0 Å². The molecular weight excluding hydrogens is 266 g/mol. The first kappa shape index (κ1) is 14.3. The van der Waals surface area contributed by atoms with E-state index in [4.69, 9.17) is 4.99 Å². The van der Waals surface area contributed by atoms with E-state index in [9.17, 15) is 0 Å². The molecule has 0 N–H and O–H groups in total. The second kappa shape index (κ2) is 7.37. The molecule has 0 radical (unpaired) electrons. The zero-order valence-electron chi connectivity index (χ0n) is 12.5. The monoisotopic (exact) mass is 285 g/mol. The molecule has 0 unspecified atom stereocenters. The first-order valence-electron chi connectivity index (χ1n) is 7.59. The molecule has 3 rings (SSSR count). The number of nitrogens with zero attached hydrogens (tertiary/aromatic N) is 1. The average molecular weight is 285 g/mol. The fourth-order valence-electron chi connectivity index (χ4n) is 2.48. The molecule has 0 amide bonds. The van der Waals surface area contributed by atoms with Crippen LogP contribution in [0.5, 0.6) is 0 Å². The summed E-state index contributed by atoms with van der Waals surface area (Å²) in [5.74, 6) is 0. The van der Waals surface area contributed by atoms with Crippen LogP contribution in [-0.2, 0) is 6.42 Å². The third-order valence-electron chi connectivity index (χ3n) is 3.66. The van der Waals surface area contributed by atoms with Crippen molar-refractivity contribution in [3.8, 4) is 0 Å². The predicted octanol–water partition coefficient (Wildman–Crippen LogP) is 5.09. The van der Waals surface area contributed by atoms with Crippen molar-refractivity contribution >= 4 is 6.21 Å². The number of hydrogen-bond acceptors (Lipinski definition) is 1. The van der Waals surface area contributed by atoms with Gasteiger partial charge in [0, 0.05) is 6.21 Å². The molecule has 0 aliphatic heterocycles. The number of rotatable bonds is 5. The molecule has 1 nitrogen and oxygen atoms in total. The SMILES string of the molecule is C(=N[C@@H](Cc1ccccc1)c1ccccc1)c1ccccc1. The van der Waals surface area contributed by atoms with Gasteiger partial charge < -0.3 is 0 Å². The summed E-state index contributed by atoms with van der Waals surface area (Å²) < 4.78 is 0. The maximum absolute atomic E-state index is 4.83. The fourth-order valence-corrected chi connectivity index (χ4v) is 2.48. The van der Waals surface area contributed by atoms with E-state index in [-0.39, 0.29) is 6.04 Å². The lowest BCUT2D eigenvalue weighted by molar-refractivity contribution is 0.728. The van der Waals surface area contributed by atoms with Crippen LogP contribution in [0.3, 0.4) is 0 Å². The van der Waals surface area contributed by atoms with E-state index in [0.717, 1.165) is 12.0 Å². The van der Waals surface area contributed by atoms with Crippen LogP contribution in [0.2, 0.25) is 0 Å². The van der Waals surface area contributed by atoms with Crippen molar-refractivity contribution in [1.82, 2.24) is 0 Å². The minimum Gasteiger partial charge on any atom is -0.284 e. The van der Waals surface area contributed by atoms with Crippen molar-refractivity contribution in [2.45, 2.75) is 12.5 Å². The van der Waals surface area contributed by atoms with Gasteiger partial charge in [-0.05, 0) is 23.1 Å². The lowest BCUT2D eigenvalue weighted by atomic mass is 9.99. The highest BCUT2D eigenvalue weighted by Gasteiger charge is 2.09. The molecule has 0 fully saturated rings. The number of aliphatic imine (C=N–C) groups is 1. The van der Waals surface area contributed by atoms with Gasteiger partial charge in [0.05, 0.1) is 6.04 Å². The van der Waals surface area contributed by atoms with Gasteiger partial charge in [-0.3, -0.25) is 4.99 Å². The molecule has 108 valence electrons. The van der Waals surface area contributed by atoms with Gasteiger partial charge in [0.15, 0.2) is 0 Å². The third-order valence-corrected chi connectivity index (χ3v) is 3.66. The van der Waals surface area contributed by atoms with E-state index >= 15 is 0 Å². The second-order valence-corrected chi connectivity index (χ2v) is 5.31. The van der Waals surface area contributed by atoms with Crippen molar-refractivity contribution in [2.75, 3.05) is 0 Å². The lowest BCUT2D eigenvalue weighted by Gasteiger charge is -2.13. The van der Waals surface area contributed by atoms with Crippen LogP contribution in [0.1, 0.15) is 22.7 Å². The fraction of sp³-hybridized carbons (Fsp3) is 0.0952. The smallest absolute Gasteiger partial charge is 0.0789 e. The van der Waals surface area contributed by atoms with Crippen LogP contribution in [0.4, 0.5) is 0 Å². The highest BCUT2D eigenvalue weighted by atomic mass is 14.8. The maximum atomic E-state index is 4.83. The van der Waals surface area contributed by atoms with Crippen LogP contribution in [0.25, 0.3) is 0 Å². The zero-order chi connectivity index (χ0) is 15.0. The summed E-state index contributed by atoms with van der Waals surface area (Å²) in [6.07, 6.45) is 2.88. The molecule has 3 aromatic carbocycles. The minimum absolute atomic E-state index is 0.142. The van der Waals surface area contributed by atoms with Crippen molar-refractivity contribution < 1.29 is 0 Å². The van der Waals surface area contributed by atoms with Gasteiger partial charge >= 0.3 is 0 Å². The van der Waals surface area contributed by atoms with E-state index in [1.165, 1.54) is 11.1 Å². The quantitative estimate of drug-likeness (QED) is 0.579. The number of hydrogen-bond donors (Lipinski definition) is 0. The molecule has 0 heterocycles. The summed E-state index contributed by atoms with van der Waals surface area (Å²) >= 11 is 0. The highest BCUT2D eigenvalue weighted by Crippen LogP contribution is 2.22. The average Bonchev–Trinajstić information content (AvgIpc) is 2.61. The van der Waals surface area contributed by atoms with Crippen LogP contribution in [-0.4, -0.2) is 6.21 Å². The van der Waals surface area contributed by atoms with Crippen molar-refractivity contribution in [3.05, 3.63) is 108 Å². The van der Waals surface area contributed by atoms with Gasteiger partial charge in [0.2, 0.25) is 0 Å². The normalized spacial score (nSPS) is 12.4. The lowest BCUT2D eigenvalue weighted by Crippen LogP contribution is -2.01. The molecule has 0 aliphatic rings. The van der Waals surface area contributed by atoms with E-state index in [2.05, 4.69) is 60.7 Å².